The summed E-state index contributed by atoms with van der Waals surface area (Å²) in [6.45, 7) is 8.09. The summed E-state index contributed by atoms with van der Waals surface area (Å²) < 4.78 is 46.6. The predicted octanol–water partition coefficient (Wildman–Crippen LogP) is 8.48. The number of nitrogens with zero attached hydrogens (tertiary/aromatic N) is 2. The number of halogens is 4. The van der Waals surface area contributed by atoms with Gasteiger partial charge in [0.2, 0.25) is 5.75 Å². The van der Waals surface area contributed by atoms with E-state index in [0.29, 0.717) is 40.1 Å². The van der Waals surface area contributed by atoms with Crippen LogP contribution in [0.5, 0.6) is 11.5 Å². The van der Waals surface area contributed by atoms with E-state index in [0.717, 1.165) is 23.5 Å². The second kappa shape index (κ2) is 10.1. The largest absolute Gasteiger partial charge is 0.450 e. The Morgan fingerprint density at radius 1 is 0.905 bits per heavy atom. The van der Waals surface area contributed by atoms with Crippen molar-refractivity contribution in [3.05, 3.63) is 84.7 Å². The van der Waals surface area contributed by atoms with E-state index in [4.69, 9.17) is 4.74 Å². The zero-order valence-electron chi connectivity index (χ0n) is 23.8. The zero-order valence-corrected chi connectivity index (χ0v) is 25.4. The van der Waals surface area contributed by atoms with Crippen LogP contribution in [-0.2, 0) is 15.8 Å². The lowest BCUT2D eigenvalue weighted by Crippen LogP contribution is -2.43. The number of rotatable bonds is 4. The number of allylic oxidation sites excluding steroid dienone is 4. The van der Waals surface area contributed by atoms with Gasteiger partial charge in [0.05, 0.1) is 10.5 Å². The van der Waals surface area contributed by atoms with Crippen molar-refractivity contribution in [3.8, 4) is 11.5 Å². The molecule has 0 fully saturated rings. The molecule has 2 aromatic carbocycles. The third-order valence-corrected chi connectivity index (χ3v) is 8.66. The molecule has 2 aromatic rings. The van der Waals surface area contributed by atoms with Crippen LogP contribution < -0.4 is 4.74 Å². The summed E-state index contributed by atoms with van der Waals surface area (Å²) in [7, 11) is 1.88. The molecule has 222 valence electrons. The molecule has 0 spiro atoms. The molecule has 0 radical (unpaired) electrons. The number of hydrogen-bond acceptors (Lipinski definition) is 6. The molecular formula is C31H30BrF3N2O5. The molecule has 0 N–H and O–H groups in total. The molecule has 0 unspecified atom stereocenters. The number of ether oxygens (including phenoxy) is 1. The van der Waals surface area contributed by atoms with Gasteiger partial charge in [0, 0.05) is 64.5 Å². The highest BCUT2D eigenvalue weighted by Crippen LogP contribution is 2.55. The third kappa shape index (κ3) is 5.39. The molecule has 7 nitrogen and oxygen atoms in total. The monoisotopic (exact) mass is 646 g/mol. The number of hydrogen-bond donors (Lipinski definition) is 0. The standard InChI is InChI=1S/C31H30BrF3N2O5/c1-29(2)12-20-27(22(38)14-29)26(28-21(36(20)5)13-30(3,4)15-23(28)39)18-11-17(32)7-9-24(18)42-25-8-6-16(31(33,34)35)10-19(25)37(40)41/h6-11,26H,12-15H2,1-5H3. The Morgan fingerprint density at radius 3 is 1.93 bits per heavy atom. The molecule has 5 rings (SSSR count). The first-order valence-corrected chi connectivity index (χ1v) is 14.3. The second-order valence-electron chi connectivity index (χ2n) is 12.8. The van der Waals surface area contributed by atoms with E-state index in [1.807, 2.05) is 39.6 Å². The number of Topliss-reactive ketones (excluding diaryl/α,β-unsaturated/α-hetero) is 2. The van der Waals surface area contributed by atoms with Gasteiger partial charge in [-0.2, -0.15) is 13.2 Å². The van der Waals surface area contributed by atoms with Gasteiger partial charge in [-0.25, -0.2) is 0 Å². The number of benzene rings is 2. The smallest absolute Gasteiger partial charge is 0.416 e. The van der Waals surface area contributed by atoms with Gasteiger partial charge < -0.3 is 9.64 Å². The molecule has 0 saturated carbocycles. The van der Waals surface area contributed by atoms with Crippen molar-refractivity contribution in [1.29, 1.82) is 0 Å². The summed E-state index contributed by atoms with van der Waals surface area (Å²) in [6.07, 6.45) is -3.04. The van der Waals surface area contributed by atoms with Crippen molar-refractivity contribution in [3.63, 3.8) is 0 Å². The summed E-state index contributed by atoms with van der Waals surface area (Å²) in [5.74, 6) is -1.30. The molecule has 3 aliphatic rings. The van der Waals surface area contributed by atoms with E-state index >= 15 is 0 Å². The van der Waals surface area contributed by atoms with Crippen molar-refractivity contribution >= 4 is 33.2 Å². The molecule has 0 aromatic heterocycles. The average molecular weight is 647 g/mol. The lowest BCUT2D eigenvalue weighted by molar-refractivity contribution is -0.385. The van der Waals surface area contributed by atoms with E-state index < -0.39 is 28.3 Å². The first kappa shape index (κ1) is 30.0. The zero-order chi connectivity index (χ0) is 30.9. The van der Waals surface area contributed by atoms with Gasteiger partial charge in [-0.05, 0) is 54.0 Å². The van der Waals surface area contributed by atoms with Gasteiger partial charge in [-0.1, -0.05) is 43.6 Å². The summed E-state index contributed by atoms with van der Waals surface area (Å²) in [5, 5.41) is 11.8. The van der Waals surface area contributed by atoms with Crippen molar-refractivity contribution < 1.29 is 32.4 Å². The van der Waals surface area contributed by atoms with Crippen molar-refractivity contribution in [2.45, 2.75) is 65.5 Å². The van der Waals surface area contributed by atoms with E-state index in [-0.39, 0.29) is 46.7 Å². The van der Waals surface area contributed by atoms with Crippen molar-refractivity contribution in [1.82, 2.24) is 4.90 Å². The van der Waals surface area contributed by atoms with E-state index in [1.165, 1.54) is 6.07 Å². The number of carbonyl (C=O) groups excluding carboxylic acids is 2. The van der Waals surface area contributed by atoms with Gasteiger partial charge >= 0.3 is 11.9 Å². The van der Waals surface area contributed by atoms with Crippen LogP contribution in [0.25, 0.3) is 0 Å². The van der Waals surface area contributed by atoms with Crippen molar-refractivity contribution in [2.24, 2.45) is 10.8 Å². The fourth-order valence-electron chi connectivity index (χ4n) is 6.35. The van der Waals surface area contributed by atoms with Gasteiger partial charge in [0.25, 0.3) is 0 Å². The normalized spacial score (nSPS) is 20.5. The molecule has 1 aliphatic heterocycles. The highest BCUT2D eigenvalue weighted by molar-refractivity contribution is 9.10. The summed E-state index contributed by atoms with van der Waals surface area (Å²) in [5.41, 5.74) is 0.372. The van der Waals surface area contributed by atoms with E-state index in [9.17, 15) is 32.9 Å². The number of nitro benzene ring substituents is 1. The van der Waals surface area contributed by atoms with Crippen LogP contribution in [0.1, 0.15) is 70.4 Å². The molecule has 0 saturated heterocycles. The highest BCUT2D eigenvalue weighted by Gasteiger charge is 2.49. The molecule has 0 atom stereocenters. The van der Waals surface area contributed by atoms with Crippen LogP contribution in [0, 0.1) is 20.9 Å². The number of ketones is 2. The molecular weight excluding hydrogens is 617 g/mol. The Bertz CT molecular complexity index is 1550. The summed E-state index contributed by atoms with van der Waals surface area (Å²) in [4.78, 5) is 40.5. The maximum Gasteiger partial charge on any atom is 0.416 e. The maximum absolute atomic E-state index is 13.8. The predicted molar refractivity (Wildman–Crippen MR) is 153 cm³/mol. The third-order valence-electron chi connectivity index (χ3n) is 8.17. The van der Waals surface area contributed by atoms with Crippen LogP contribution in [0.15, 0.2) is 63.4 Å². The fourth-order valence-corrected chi connectivity index (χ4v) is 6.73. The average Bonchev–Trinajstić information content (AvgIpc) is 2.84. The fraction of sp³-hybridized carbons (Fsp3) is 0.419. The van der Waals surface area contributed by atoms with Crippen LogP contribution in [-0.4, -0.2) is 28.4 Å². The minimum atomic E-state index is -4.78. The van der Waals surface area contributed by atoms with Crippen LogP contribution in [0.3, 0.4) is 0 Å². The number of alkyl halides is 3. The Balaban J connectivity index is 1.73. The molecule has 42 heavy (non-hydrogen) atoms. The topological polar surface area (TPSA) is 89.8 Å². The van der Waals surface area contributed by atoms with Gasteiger partial charge in [-0.15, -0.1) is 0 Å². The Hall–Kier alpha value is -3.47. The van der Waals surface area contributed by atoms with Crippen LogP contribution in [0.4, 0.5) is 18.9 Å². The molecule has 0 amide bonds. The van der Waals surface area contributed by atoms with E-state index in [1.54, 1.807) is 12.1 Å². The highest BCUT2D eigenvalue weighted by atomic mass is 79.9. The quantitative estimate of drug-likeness (QED) is 0.244. The van der Waals surface area contributed by atoms with Crippen molar-refractivity contribution in [2.75, 3.05) is 7.05 Å². The summed E-state index contributed by atoms with van der Waals surface area (Å²) in [6, 6.07) is 6.94. The van der Waals surface area contributed by atoms with Crippen LogP contribution >= 0.6 is 15.9 Å². The molecule has 11 heteroatoms. The molecule has 1 heterocycles. The minimum absolute atomic E-state index is 0.101. The lowest BCUT2D eigenvalue weighted by Gasteiger charge is -2.48. The SMILES string of the molecule is CN1C2=C(C(=O)CC(C)(C)C2)C(c2cc(Br)ccc2Oc2ccc(C(F)(F)F)cc2[N+](=O)[O-])C2=C1CC(C)(C)CC2=O. The van der Waals surface area contributed by atoms with E-state index in [2.05, 4.69) is 15.9 Å². The van der Waals surface area contributed by atoms with Gasteiger partial charge in [-0.3, -0.25) is 19.7 Å². The first-order chi connectivity index (χ1) is 19.4. The lowest BCUT2D eigenvalue weighted by atomic mass is 9.63. The minimum Gasteiger partial charge on any atom is -0.450 e. The Morgan fingerprint density at radius 2 is 1.43 bits per heavy atom. The van der Waals surface area contributed by atoms with Crippen LogP contribution in [0.2, 0.25) is 0 Å². The Labute approximate surface area is 249 Å². The first-order valence-electron chi connectivity index (χ1n) is 13.5. The molecule has 0 bridgehead atoms. The number of nitro groups is 1. The van der Waals surface area contributed by atoms with Gasteiger partial charge in [0.15, 0.2) is 11.6 Å². The second-order valence-corrected chi connectivity index (χ2v) is 13.7. The van der Waals surface area contributed by atoms with Gasteiger partial charge in [0.1, 0.15) is 5.75 Å². The molecule has 2 aliphatic carbocycles. The number of carbonyl (C=O) groups is 2. The maximum atomic E-state index is 13.8. The Kier molecular flexibility index (Phi) is 7.19. The summed E-state index contributed by atoms with van der Waals surface area (Å²) >= 11 is 3.47.